The maximum absolute atomic E-state index is 13.4. The van der Waals surface area contributed by atoms with Crippen molar-refractivity contribution in [2.45, 2.75) is 0 Å². The smallest absolute Gasteiger partial charge is 0.343 e. The molecule has 5 aromatic rings. The maximum atomic E-state index is 13.4. The maximum Gasteiger partial charge on any atom is 0.343 e. The first-order chi connectivity index (χ1) is 19.8. The predicted octanol–water partition coefficient (Wildman–Crippen LogP) is 6.66. The minimum Gasteiger partial charge on any atom is -0.497 e. The number of carbonyl (C=O) groups is 2. The van der Waals surface area contributed by atoms with Crippen LogP contribution in [0.1, 0.15) is 26.4 Å². The molecular formula is C32H27BrN4O4. The Morgan fingerprint density at radius 2 is 1.71 bits per heavy atom. The second-order valence-corrected chi connectivity index (χ2v) is 10.3. The molecule has 1 aromatic heterocycles. The molecule has 0 fully saturated rings. The van der Waals surface area contributed by atoms with Crippen LogP contribution in [0.2, 0.25) is 0 Å². The van der Waals surface area contributed by atoms with E-state index in [1.54, 1.807) is 49.6 Å². The quantitative estimate of drug-likeness (QED) is 0.0887. The van der Waals surface area contributed by atoms with E-state index in [4.69, 9.17) is 9.47 Å². The molecule has 0 bridgehead atoms. The van der Waals surface area contributed by atoms with Gasteiger partial charge in [0.1, 0.15) is 17.2 Å². The largest absolute Gasteiger partial charge is 0.497 e. The fourth-order valence-electron chi connectivity index (χ4n) is 4.35. The number of ether oxygens (including phenoxy) is 2. The Hall–Kier alpha value is -4.89. The number of aromatic nitrogens is 1. The van der Waals surface area contributed by atoms with Crippen molar-refractivity contribution in [3.05, 3.63) is 112 Å². The van der Waals surface area contributed by atoms with Gasteiger partial charge in [-0.05, 0) is 66.2 Å². The van der Waals surface area contributed by atoms with Crippen LogP contribution in [0.5, 0.6) is 11.5 Å². The zero-order chi connectivity index (χ0) is 28.9. The molecule has 0 aliphatic carbocycles. The number of amides is 1. The molecular weight excluding hydrogens is 584 g/mol. The third-order valence-electron chi connectivity index (χ3n) is 6.46. The molecule has 2 N–H and O–H groups in total. The lowest BCUT2D eigenvalue weighted by molar-refractivity contribution is 0.0734. The number of nitrogens with zero attached hydrogens (tertiary/aromatic N) is 2. The SMILES string of the molecule is COc1ccc(C(=O)Oc2ccc(Br)cc2C=NNC(=O)c2[nH]c3ccc(N(C)C)cc3c2-c2ccccc2)cc1. The Kier molecular flexibility index (Phi) is 8.16. The van der Waals surface area contributed by atoms with Gasteiger partial charge < -0.3 is 19.4 Å². The zero-order valence-electron chi connectivity index (χ0n) is 22.6. The van der Waals surface area contributed by atoms with Crippen molar-refractivity contribution < 1.29 is 19.1 Å². The lowest BCUT2D eigenvalue weighted by Crippen LogP contribution is -2.19. The van der Waals surface area contributed by atoms with Gasteiger partial charge in [0.15, 0.2) is 0 Å². The van der Waals surface area contributed by atoms with E-state index < -0.39 is 11.9 Å². The number of fused-ring (bicyclic) bond motifs is 1. The fraction of sp³-hybridized carbons (Fsp3) is 0.0938. The monoisotopic (exact) mass is 610 g/mol. The first-order valence-electron chi connectivity index (χ1n) is 12.7. The lowest BCUT2D eigenvalue weighted by atomic mass is 10.0. The van der Waals surface area contributed by atoms with Gasteiger partial charge in [-0.3, -0.25) is 4.79 Å². The molecule has 4 aromatic carbocycles. The number of benzene rings is 4. The van der Waals surface area contributed by atoms with E-state index in [0.717, 1.165) is 32.2 Å². The summed E-state index contributed by atoms with van der Waals surface area (Å²) in [5.74, 6) is -0.0121. The molecule has 206 valence electrons. The van der Waals surface area contributed by atoms with E-state index in [2.05, 4.69) is 37.5 Å². The van der Waals surface area contributed by atoms with Crippen LogP contribution in [0.3, 0.4) is 0 Å². The molecule has 5 rings (SSSR count). The Morgan fingerprint density at radius 1 is 0.951 bits per heavy atom. The van der Waals surface area contributed by atoms with Crippen molar-refractivity contribution in [1.29, 1.82) is 0 Å². The Morgan fingerprint density at radius 3 is 2.41 bits per heavy atom. The predicted molar refractivity (Wildman–Crippen MR) is 165 cm³/mol. The number of carbonyl (C=O) groups excluding carboxylic acids is 2. The topological polar surface area (TPSA) is 96.0 Å². The van der Waals surface area contributed by atoms with Crippen LogP contribution in [0.25, 0.3) is 22.0 Å². The fourth-order valence-corrected chi connectivity index (χ4v) is 4.73. The summed E-state index contributed by atoms with van der Waals surface area (Å²) in [4.78, 5) is 31.4. The average molecular weight is 611 g/mol. The number of hydrogen-bond donors (Lipinski definition) is 2. The number of aromatic amines is 1. The number of anilines is 1. The molecule has 0 radical (unpaired) electrons. The van der Waals surface area contributed by atoms with Gasteiger partial charge in [-0.2, -0.15) is 5.10 Å². The summed E-state index contributed by atoms with van der Waals surface area (Å²) in [6, 6.07) is 27.5. The second kappa shape index (κ2) is 12.1. The van der Waals surface area contributed by atoms with Crippen molar-refractivity contribution >= 4 is 50.6 Å². The highest BCUT2D eigenvalue weighted by Crippen LogP contribution is 2.34. The summed E-state index contributed by atoms with van der Waals surface area (Å²) < 4.78 is 11.5. The molecule has 41 heavy (non-hydrogen) atoms. The van der Waals surface area contributed by atoms with Gasteiger partial charge in [0.05, 0.1) is 18.9 Å². The van der Waals surface area contributed by atoms with Gasteiger partial charge in [-0.15, -0.1) is 0 Å². The van der Waals surface area contributed by atoms with Crippen LogP contribution < -0.4 is 19.8 Å². The molecule has 0 spiro atoms. The highest BCUT2D eigenvalue weighted by Gasteiger charge is 2.20. The van der Waals surface area contributed by atoms with Crippen molar-refractivity contribution in [3.8, 4) is 22.6 Å². The van der Waals surface area contributed by atoms with Gasteiger partial charge in [0.2, 0.25) is 0 Å². The highest BCUT2D eigenvalue weighted by molar-refractivity contribution is 9.10. The molecule has 0 unspecified atom stereocenters. The van der Waals surface area contributed by atoms with Crippen LogP contribution in [-0.4, -0.2) is 44.3 Å². The summed E-state index contributed by atoms with van der Waals surface area (Å²) >= 11 is 3.44. The van der Waals surface area contributed by atoms with E-state index in [-0.39, 0.29) is 0 Å². The van der Waals surface area contributed by atoms with Crippen LogP contribution in [0.15, 0.2) is 101 Å². The summed E-state index contributed by atoms with van der Waals surface area (Å²) in [6.07, 6.45) is 1.44. The summed E-state index contributed by atoms with van der Waals surface area (Å²) in [5, 5.41) is 5.12. The molecule has 0 aliphatic rings. The van der Waals surface area contributed by atoms with Crippen LogP contribution in [0.4, 0.5) is 5.69 Å². The van der Waals surface area contributed by atoms with E-state index in [1.807, 2.05) is 61.5 Å². The number of methoxy groups -OCH3 is 1. The van der Waals surface area contributed by atoms with Crippen LogP contribution >= 0.6 is 15.9 Å². The molecule has 1 amide bonds. The van der Waals surface area contributed by atoms with E-state index in [1.165, 1.54) is 6.21 Å². The normalized spacial score (nSPS) is 11.0. The third-order valence-corrected chi connectivity index (χ3v) is 6.95. The van der Waals surface area contributed by atoms with Crippen molar-refractivity contribution in [2.24, 2.45) is 5.10 Å². The van der Waals surface area contributed by atoms with Gasteiger partial charge >= 0.3 is 5.97 Å². The van der Waals surface area contributed by atoms with Crippen molar-refractivity contribution in [1.82, 2.24) is 10.4 Å². The Labute approximate surface area is 245 Å². The molecule has 9 heteroatoms. The van der Waals surface area contributed by atoms with E-state index in [9.17, 15) is 9.59 Å². The molecule has 0 saturated carbocycles. The van der Waals surface area contributed by atoms with Crippen molar-refractivity contribution in [2.75, 3.05) is 26.1 Å². The minimum atomic E-state index is -0.531. The van der Waals surface area contributed by atoms with Crippen molar-refractivity contribution in [3.63, 3.8) is 0 Å². The number of H-pyrrole nitrogens is 1. The third kappa shape index (κ3) is 6.15. The first-order valence-corrected chi connectivity index (χ1v) is 13.5. The number of nitrogens with one attached hydrogen (secondary N) is 2. The van der Waals surface area contributed by atoms with Gasteiger partial charge in [-0.1, -0.05) is 46.3 Å². The minimum absolute atomic E-state index is 0.291. The summed E-state index contributed by atoms with van der Waals surface area (Å²) in [7, 11) is 5.51. The Balaban J connectivity index is 1.41. The molecule has 8 nitrogen and oxygen atoms in total. The number of rotatable bonds is 8. The lowest BCUT2D eigenvalue weighted by Gasteiger charge is -2.12. The summed E-state index contributed by atoms with van der Waals surface area (Å²) in [5.41, 5.74) is 7.42. The summed E-state index contributed by atoms with van der Waals surface area (Å²) in [6.45, 7) is 0. The number of hydrazone groups is 1. The highest BCUT2D eigenvalue weighted by atomic mass is 79.9. The van der Waals surface area contributed by atoms with Crippen LogP contribution in [-0.2, 0) is 0 Å². The number of hydrogen-bond acceptors (Lipinski definition) is 6. The number of esters is 1. The molecule has 0 saturated heterocycles. The Bertz CT molecular complexity index is 1750. The van der Waals surface area contributed by atoms with Gasteiger partial charge in [0, 0.05) is 46.3 Å². The van der Waals surface area contributed by atoms with Crippen LogP contribution in [0, 0.1) is 0 Å². The van der Waals surface area contributed by atoms with Gasteiger partial charge in [0.25, 0.3) is 5.91 Å². The standard InChI is InChI=1S/C32H27BrN4O4/c1-37(2)24-12-15-27-26(18-24)29(20-7-5-4-6-8-20)30(35-27)31(38)36-34-19-22-17-23(33)11-16-28(22)41-32(39)21-9-13-25(40-3)14-10-21/h4-19,35H,1-3H3,(H,36,38). The average Bonchev–Trinajstić information content (AvgIpc) is 3.38. The molecule has 0 atom stereocenters. The zero-order valence-corrected chi connectivity index (χ0v) is 24.2. The molecule has 0 aliphatic heterocycles. The first kappa shape index (κ1) is 27.7. The number of halogens is 1. The second-order valence-electron chi connectivity index (χ2n) is 9.36. The van der Waals surface area contributed by atoms with E-state index >= 15 is 0 Å². The van der Waals surface area contributed by atoms with E-state index in [0.29, 0.717) is 28.3 Å². The molecule has 1 heterocycles. The van der Waals surface area contributed by atoms with Gasteiger partial charge in [-0.25, -0.2) is 10.2 Å².